The predicted octanol–water partition coefficient (Wildman–Crippen LogP) is 3.41. The summed E-state index contributed by atoms with van der Waals surface area (Å²) >= 11 is 0. The largest absolute Gasteiger partial charge is 0.357 e. The lowest BCUT2D eigenvalue weighted by molar-refractivity contribution is 0.387. The van der Waals surface area contributed by atoms with Gasteiger partial charge in [0.1, 0.15) is 6.54 Å². The van der Waals surface area contributed by atoms with Crippen LogP contribution >= 0.6 is 24.0 Å². The van der Waals surface area contributed by atoms with Crippen molar-refractivity contribution in [1.82, 2.24) is 20.8 Å². The first kappa shape index (κ1) is 21.1. The normalized spacial score (nSPS) is 12.6. The fourth-order valence-corrected chi connectivity index (χ4v) is 2.06. The Morgan fingerprint density at radius 1 is 1.27 bits per heavy atom. The van der Waals surface area contributed by atoms with Gasteiger partial charge in [-0.1, -0.05) is 37.8 Å². The van der Waals surface area contributed by atoms with E-state index in [1.165, 1.54) is 25.7 Å². The van der Waals surface area contributed by atoms with E-state index in [1.807, 2.05) is 0 Å². The van der Waals surface area contributed by atoms with E-state index in [0.717, 1.165) is 18.9 Å². The molecule has 0 aliphatic carbocycles. The summed E-state index contributed by atoms with van der Waals surface area (Å²) in [6, 6.07) is 0.409. The lowest BCUT2D eigenvalue weighted by Gasteiger charge is -2.17. The SMILES string of the molecule is CCCCCCC(C)NC(=NCc1noc(C)n1)NCC.I. The molecule has 1 unspecified atom stereocenters. The van der Waals surface area contributed by atoms with E-state index in [-0.39, 0.29) is 24.0 Å². The van der Waals surface area contributed by atoms with Crippen LogP contribution in [0.4, 0.5) is 0 Å². The van der Waals surface area contributed by atoms with E-state index in [2.05, 4.69) is 46.5 Å². The number of unbranched alkanes of at least 4 members (excludes halogenated alkanes) is 3. The highest BCUT2D eigenvalue weighted by Crippen LogP contribution is 2.05. The van der Waals surface area contributed by atoms with Crippen molar-refractivity contribution >= 4 is 29.9 Å². The molecule has 0 amide bonds. The van der Waals surface area contributed by atoms with Crippen LogP contribution in [0.2, 0.25) is 0 Å². The van der Waals surface area contributed by atoms with Gasteiger partial charge in [0.15, 0.2) is 11.8 Å². The minimum absolute atomic E-state index is 0. The Bertz CT molecular complexity index is 422. The standard InChI is InChI=1S/C15H29N5O.HI/c1-5-7-8-9-10-12(3)18-15(16-6-2)17-11-14-19-13(4)21-20-14;/h12H,5-11H2,1-4H3,(H2,16,17,18);1H. The van der Waals surface area contributed by atoms with Gasteiger partial charge in [-0.05, 0) is 20.3 Å². The third-order valence-electron chi connectivity index (χ3n) is 3.17. The molecule has 0 aromatic carbocycles. The van der Waals surface area contributed by atoms with Gasteiger partial charge < -0.3 is 15.2 Å². The highest BCUT2D eigenvalue weighted by atomic mass is 127. The van der Waals surface area contributed by atoms with E-state index in [0.29, 0.717) is 24.3 Å². The molecule has 0 spiro atoms. The number of halogens is 1. The Morgan fingerprint density at radius 3 is 2.64 bits per heavy atom. The van der Waals surface area contributed by atoms with Crippen LogP contribution in [0, 0.1) is 6.92 Å². The lowest BCUT2D eigenvalue weighted by Crippen LogP contribution is -2.42. The molecule has 2 N–H and O–H groups in total. The van der Waals surface area contributed by atoms with Crippen molar-refractivity contribution in [3.8, 4) is 0 Å². The van der Waals surface area contributed by atoms with Crippen LogP contribution in [-0.2, 0) is 6.54 Å². The van der Waals surface area contributed by atoms with Crippen LogP contribution in [0.1, 0.15) is 64.6 Å². The molecule has 0 aliphatic rings. The number of nitrogens with zero attached hydrogens (tertiary/aromatic N) is 3. The summed E-state index contributed by atoms with van der Waals surface area (Å²) in [5, 5.41) is 10.5. The molecule has 1 atom stereocenters. The van der Waals surface area contributed by atoms with Crippen molar-refractivity contribution in [1.29, 1.82) is 0 Å². The average Bonchev–Trinajstić information content (AvgIpc) is 2.87. The number of aryl methyl sites for hydroxylation is 1. The highest BCUT2D eigenvalue weighted by Gasteiger charge is 2.06. The monoisotopic (exact) mass is 423 g/mol. The summed E-state index contributed by atoms with van der Waals surface area (Å²) in [5.74, 6) is 1.99. The second-order valence-corrected chi connectivity index (χ2v) is 5.32. The van der Waals surface area contributed by atoms with Crippen LogP contribution in [0.3, 0.4) is 0 Å². The van der Waals surface area contributed by atoms with Crippen LogP contribution in [0.25, 0.3) is 0 Å². The molecule has 1 aromatic rings. The number of hydrogen-bond acceptors (Lipinski definition) is 4. The van der Waals surface area contributed by atoms with Crippen molar-refractivity contribution < 1.29 is 4.52 Å². The van der Waals surface area contributed by atoms with Gasteiger partial charge in [0, 0.05) is 19.5 Å². The molecule has 7 heteroatoms. The molecule has 1 aromatic heterocycles. The number of aliphatic imine (C=N–C) groups is 1. The van der Waals surface area contributed by atoms with Crippen LogP contribution in [0.15, 0.2) is 9.52 Å². The molecule has 0 saturated heterocycles. The molecule has 1 heterocycles. The maximum Gasteiger partial charge on any atom is 0.223 e. The third-order valence-corrected chi connectivity index (χ3v) is 3.17. The molecule has 22 heavy (non-hydrogen) atoms. The molecule has 0 aliphatic heterocycles. The highest BCUT2D eigenvalue weighted by molar-refractivity contribution is 14.0. The molecular weight excluding hydrogens is 393 g/mol. The van der Waals surface area contributed by atoms with Gasteiger partial charge >= 0.3 is 0 Å². The van der Waals surface area contributed by atoms with Gasteiger partial charge in [0.25, 0.3) is 0 Å². The number of guanidine groups is 1. The van der Waals surface area contributed by atoms with Gasteiger partial charge in [-0.15, -0.1) is 24.0 Å². The molecule has 1 rings (SSSR count). The molecule has 0 fully saturated rings. The second-order valence-electron chi connectivity index (χ2n) is 5.32. The topological polar surface area (TPSA) is 75.3 Å². The summed E-state index contributed by atoms with van der Waals surface area (Å²) in [7, 11) is 0. The van der Waals surface area contributed by atoms with Crippen molar-refractivity contribution in [3.63, 3.8) is 0 Å². The fraction of sp³-hybridized carbons (Fsp3) is 0.800. The van der Waals surface area contributed by atoms with Crippen LogP contribution in [0.5, 0.6) is 0 Å². The summed E-state index contributed by atoms with van der Waals surface area (Å²) in [4.78, 5) is 8.64. The molecule has 0 saturated carbocycles. The smallest absolute Gasteiger partial charge is 0.223 e. The summed E-state index contributed by atoms with van der Waals surface area (Å²) in [6.07, 6.45) is 6.31. The van der Waals surface area contributed by atoms with Crippen LogP contribution in [-0.4, -0.2) is 28.7 Å². The van der Waals surface area contributed by atoms with Gasteiger partial charge in [0.2, 0.25) is 5.89 Å². The van der Waals surface area contributed by atoms with E-state index in [1.54, 1.807) is 6.92 Å². The first-order chi connectivity index (χ1) is 10.2. The van der Waals surface area contributed by atoms with Gasteiger partial charge in [-0.3, -0.25) is 0 Å². The third kappa shape index (κ3) is 9.22. The Kier molecular flexibility index (Phi) is 12.2. The Hall–Kier alpha value is -0.860. The molecule has 6 nitrogen and oxygen atoms in total. The van der Waals surface area contributed by atoms with Crippen molar-refractivity contribution in [2.75, 3.05) is 6.54 Å². The first-order valence-electron chi connectivity index (χ1n) is 7.99. The quantitative estimate of drug-likeness (QED) is 0.276. The summed E-state index contributed by atoms with van der Waals surface area (Å²) < 4.78 is 4.94. The lowest BCUT2D eigenvalue weighted by atomic mass is 10.1. The van der Waals surface area contributed by atoms with Gasteiger partial charge in [-0.25, -0.2) is 4.99 Å². The molecule has 128 valence electrons. The van der Waals surface area contributed by atoms with Crippen molar-refractivity contribution in [3.05, 3.63) is 11.7 Å². The molecule has 0 radical (unpaired) electrons. The van der Waals surface area contributed by atoms with Crippen LogP contribution < -0.4 is 10.6 Å². The minimum atomic E-state index is 0. The predicted molar refractivity (Wildman–Crippen MR) is 101 cm³/mol. The number of aromatic nitrogens is 2. The molecule has 0 bridgehead atoms. The maximum absolute atomic E-state index is 4.94. The van der Waals surface area contributed by atoms with Crippen molar-refractivity contribution in [2.24, 2.45) is 4.99 Å². The summed E-state index contributed by atoms with van der Waals surface area (Å²) in [6.45, 7) is 9.52. The van der Waals surface area contributed by atoms with E-state index in [9.17, 15) is 0 Å². The average molecular weight is 423 g/mol. The van der Waals surface area contributed by atoms with Gasteiger partial charge in [-0.2, -0.15) is 4.98 Å². The maximum atomic E-state index is 4.94. The van der Waals surface area contributed by atoms with E-state index >= 15 is 0 Å². The van der Waals surface area contributed by atoms with Crippen molar-refractivity contribution in [2.45, 2.75) is 72.4 Å². The Morgan fingerprint density at radius 2 is 2.05 bits per heavy atom. The zero-order valence-electron chi connectivity index (χ0n) is 14.2. The number of rotatable bonds is 9. The fourth-order valence-electron chi connectivity index (χ4n) is 2.06. The van der Waals surface area contributed by atoms with E-state index < -0.39 is 0 Å². The second kappa shape index (κ2) is 12.7. The minimum Gasteiger partial charge on any atom is -0.357 e. The Labute approximate surface area is 150 Å². The van der Waals surface area contributed by atoms with Gasteiger partial charge in [0.05, 0.1) is 0 Å². The zero-order valence-corrected chi connectivity index (χ0v) is 16.5. The molecular formula is C15H30IN5O. The first-order valence-corrected chi connectivity index (χ1v) is 7.99. The van der Waals surface area contributed by atoms with E-state index in [4.69, 9.17) is 4.52 Å². The summed E-state index contributed by atoms with van der Waals surface area (Å²) in [5.41, 5.74) is 0. The number of hydrogen-bond donors (Lipinski definition) is 2. The number of nitrogens with one attached hydrogen (secondary N) is 2. The zero-order chi connectivity index (χ0) is 15.5. The Balaban J connectivity index is 0.00000441.